The molecule has 0 heterocycles. The lowest BCUT2D eigenvalue weighted by atomic mass is 9.97. The molecule has 0 radical (unpaired) electrons. The number of rotatable bonds is 7. The first-order valence-corrected chi connectivity index (χ1v) is 5.27. The predicted octanol–water partition coefficient (Wildman–Crippen LogP) is 1.23. The van der Waals surface area contributed by atoms with E-state index in [1.807, 2.05) is 6.92 Å². The van der Waals surface area contributed by atoms with Crippen LogP contribution < -0.4 is 5.32 Å². The molecule has 0 aliphatic heterocycles. The summed E-state index contributed by atoms with van der Waals surface area (Å²) in [6, 6.07) is 0. The van der Waals surface area contributed by atoms with Gasteiger partial charge in [0, 0.05) is 5.54 Å². The molecule has 0 saturated carbocycles. The third-order valence-electron chi connectivity index (χ3n) is 2.67. The molecule has 3 nitrogen and oxygen atoms in total. The summed E-state index contributed by atoms with van der Waals surface area (Å²) in [6.07, 6.45) is -2.88. The maximum absolute atomic E-state index is 12.0. The number of aliphatic hydroxyl groups is 1. The van der Waals surface area contributed by atoms with Crippen LogP contribution in [0.4, 0.5) is 13.2 Å². The van der Waals surface area contributed by atoms with Crippen LogP contribution in [0.3, 0.4) is 0 Å². The summed E-state index contributed by atoms with van der Waals surface area (Å²) < 4.78 is 36.0. The van der Waals surface area contributed by atoms with Crippen LogP contribution in [0, 0.1) is 0 Å². The van der Waals surface area contributed by atoms with E-state index >= 15 is 0 Å². The first kappa shape index (κ1) is 15.7. The minimum absolute atomic E-state index is 0.0213. The molecular weight excluding hydrogens is 221 g/mol. The Morgan fingerprint density at radius 3 is 2.25 bits per heavy atom. The van der Waals surface area contributed by atoms with Crippen molar-refractivity contribution in [2.45, 2.75) is 31.5 Å². The molecule has 1 atom stereocenters. The molecular formula is C10H21F3N2O. The van der Waals surface area contributed by atoms with Gasteiger partial charge in [-0.15, -0.1) is 0 Å². The molecule has 0 spiro atoms. The van der Waals surface area contributed by atoms with Crippen molar-refractivity contribution in [1.82, 2.24) is 10.2 Å². The molecule has 1 unspecified atom stereocenters. The fourth-order valence-electron chi connectivity index (χ4n) is 1.41. The highest BCUT2D eigenvalue weighted by Crippen LogP contribution is 2.16. The minimum atomic E-state index is -4.14. The molecule has 0 aliphatic rings. The van der Waals surface area contributed by atoms with Crippen LogP contribution in [-0.4, -0.2) is 55.5 Å². The number of nitrogens with one attached hydrogen (secondary N) is 1. The van der Waals surface area contributed by atoms with Gasteiger partial charge >= 0.3 is 6.18 Å². The Balaban J connectivity index is 3.81. The van der Waals surface area contributed by atoms with Crippen LogP contribution >= 0.6 is 0 Å². The Morgan fingerprint density at radius 1 is 1.31 bits per heavy atom. The second-order valence-corrected chi connectivity index (χ2v) is 4.43. The molecule has 16 heavy (non-hydrogen) atoms. The zero-order valence-corrected chi connectivity index (χ0v) is 10.1. The van der Waals surface area contributed by atoms with E-state index in [0.29, 0.717) is 19.4 Å². The standard InChI is InChI=1S/C10H21F3N2O/c1-9(8-16,14-2)5-4-6-15(3)7-10(11,12)13/h14,16H,4-8H2,1-3H3. The average Bonchev–Trinajstić information content (AvgIpc) is 2.14. The van der Waals surface area contributed by atoms with Gasteiger partial charge in [-0.2, -0.15) is 13.2 Å². The summed E-state index contributed by atoms with van der Waals surface area (Å²) >= 11 is 0. The van der Waals surface area contributed by atoms with Gasteiger partial charge in [-0.1, -0.05) is 0 Å². The molecule has 2 N–H and O–H groups in total. The van der Waals surface area contributed by atoms with Crippen LogP contribution in [-0.2, 0) is 0 Å². The number of aliphatic hydroxyl groups excluding tert-OH is 1. The predicted molar refractivity (Wildman–Crippen MR) is 57.3 cm³/mol. The summed E-state index contributed by atoms with van der Waals surface area (Å²) in [5.41, 5.74) is -0.404. The zero-order valence-electron chi connectivity index (χ0n) is 10.1. The molecule has 0 fully saturated rings. The Hall–Kier alpha value is -0.330. The number of hydrogen-bond acceptors (Lipinski definition) is 3. The number of alkyl halides is 3. The first-order valence-electron chi connectivity index (χ1n) is 5.27. The van der Waals surface area contributed by atoms with Gasteiger partial charge in [0.15, 0.2) is 0 Å². The third-order valence-corrected chi connectivity index (χ3v) is 2.67. The fraction of sp³-hybridized carbons (Fsp3) is 1.00. The number of nitrogens with zero attached hydrogens (tertiary/aromatic N) is 1. The van der Waals surface area contributed by atoms with Crippen molar-refractivity contribution in [3.05, 3.63) is 0 Å². The molecule has 0 saturated heterocycles. The maximum atomic E-state index is 12.0. The van der Waals surface area contributed by atoms with Crippen molar-refractivity contribution >= 4 is 0 Å². The Kier molecular flexibility index (Phi) is 6.28. The van der Waals surface area contributed by atoms with E-state index in [9.17, 15) is 13.2 Å². The number of halogens is 3. The normalized spacial score (nSPS) is 16.5. The van der Waals surface area contributed by atoms with E-state index in [2.05, 4.69) is 5.32 Å². The highest BCUT2D eigenvalue weighted by atomic mass is 19.4. The van der Waals surface area contributed by atoms with Crippen LogP contribution in [0.2, 0.25) is 0 Å². The molecule has 0 aromatic heterocycles. The second-order valence-electron chi connectivity index (χ2n) is 4.43. The molecule has 0 bridgehead atoms. The van der Waals surface area contributed by atoms with Gasteiger partial charge in [0.25, 0.3) is 0 Å². The topological polar surface area (TPSA) is 35.5 Å². The minimum Gasteiger partial charge on any atom is -0.394 e. The van der Waals surface area contributed by atoms with Gasteiger partial charge < -0.3 is 10.4 Å². The monoisotopic (exact) mass is 242 g/mol. The summed E-state index contributed by atoms with van der Waals surface area (Å²) in [5.74, 6) is 0. The summed E-state index contributed by atoms with van der Waals surface area (Å²) in [5, 5.41) is 12.0. The van der Waals surface area contributed by atoms with Crippen LogP contribution in [0.1, 0.15) is 19.8 Å². The summed E-state index contributed by atoms with van der Waals surface area (Å²) in [6.45, 7) is 1.31. The molecule has 0 aliphatic carbocycles. The van der Waals surface area contributed by atoms with Crippen molar-refractivity contribution in [2.75, 3.05) is 33.8 Å². The lowest BCUT2D eigenvalue weighted by molar-refractivity contribution is -0.143. The largest absolute Gasteiger partial charge is 0.401 e. The molecule has 98 valence electrons. The SMILES string of the molecule is CNC(C)(CO)CCCN(C)CC(F)(F)F. The van der Waals surface area contributed by atoms with E-state index in [1.54, 1.807) is 7.05 Å². The summed E-state index contributed by atoms with van der Waals surface area (Å²) in [4.78, 5) is 1.24. The highest BCUT2D eigenvalue weighted by Gasteiger charge is 2.29. The Morgan fingerprint density at radius 2 is 1.88 bits per heavy atom. The number of likely N-dealkylation sites (N-methyl/N-ethyl adjacent to an activating group) is 1. The van der Waals surface area contributed by atoms with Gasteiger partial charge in [-0.25, -0.2) is 0 Å². The van der Waals surface area contributed by atoms with Gasteiger partial charge in [-0.3, -0.25) is 4.90 Å². The maximum Gasteiger partial charge on any atom is 0.401 e. The van der Waals surface area contributed by atoms with Gasteiger partial charge in [0.05, 0.1) is 13.2 Å². The third kappa shape index (κ3) is 7.03. The van der Waals surface area contributed by atoms with E-state index < -0.39 is 18.3 Å². The number of hydrogen-bond donors (Lipinski definition) is 2. The van der Waals surface area contributed by atoms with Crippen molar-refractivity contribution in [3.8, 4) is 0 Å². The van der Waals surface area contributed by atoms with E-state index in [4.69, 9.17) is 5.11 Å². The van der Waals surface area contributed by atoms with Crippen molar-refractivity contribution in [2.24, 2.45) is 0 Å². The van der Waals surface area contributed by atoms with Crippen molar-refractivity contribution in [1.29, 1.82) is 0 Å². The quantitative estimate of drug-likeness (QED) is 0.705. The molecule has 0 amide bonds. The molecule has 0 rings (SSSR count). The first-order chi connectivity index (χ1) is 7.22. The van der Waals surface area contributed by atoms with Gasteiger partial charge in [0.1, 0.15) is 0 Å². The summed E-state index contributed by atoms with van der Waals surface area (Å²) in [7, 11) is 3.18. The van der Waals surface area contributed by atoms with Crippen LogP contribution in [0.5, 0.6) is 0 Å². The zero-order chi connectivity index (χ0) is 12.8. The Bertz CT molecular complexity index is 193. The van der Waals surface area contributed by atoms with Crippen molar-refractivity contribution < 1.29 is 18.3 Å². The van der Waals surface area contributed by atoms with E-state index in [-0.39, 0.29) is 6.61 Å². The van der Waals surface area contributed by atoms with E-state index in [0.717, 1.165) is 0 Å². The fourth-order valence-corrected chi connectivity index (χ4v) is 1.41. The highest BCUT2D eigenvalue weighted by molar-refractivity contribution is 4.80. The molecule has 0 aromatic rings. The van der Waals surface area contributed by atoms with E-state index in [1.165, 1.54) is 11.9 Å². The van der Waals surface area contributed by atoms with Gasteiger partial charge in [-0.05, 0) is 40.4 Å². The van der Waals surface area contributed by atoms with Crippen molar-refractivity contribution in [3.63, 3.8) is 0 Å². The Labute approximate surface area is 94.6 Å². The van der Waals surface area contributed by atoms with Crippen LogP contribution in [0.25, 0.3) is 0 Å². The van der Waals surface area contributed by atoms with Gasteiger partial charge in [0.2, 0.25) is 0 Å². The van der Waals surface area contributed by atoms with Crippen LogP contribution in [0.15, 0.2) is 0 Å². The lowest BCUT2D eigenvalue weighted by Gasteiger charge is -2.28. The lowest BCUT2D eigenvalue weighted by Crippen LogP contribution is -2.44. The molecule has 6 heteroatoms. The average molecular weight is 242 g/mol. The second kappa shape index (κ2) is 6.42. The smallest absolute Gasteiger partial charge is 0.394 e. The molecule has 0 aromatic carbocycles.